The van der Waals surface area contributed by atoms with Crippen molar-refractivity contribution in [3.8, 4) is 11.5 Å². The van der Waals surface area contributed by atoms with Crippen molar-refractivity contribution >= 4 is 27.5 Å². The van der Waals surface area contributed by atoms with Crippen LogP contribution in [0.4, 0.5) is 5.69 Å². The first kappa shape index (κ1) is 28.3. The van der Waals surface area contributed by atoms with E-state index in [4.69, 9.17) is 9.47 Å². The Kier molecular flexibility index (Phi) is 9.79. The number of amides is 2. The Labute approximate surface area is 219 Å². The van der Waals surface area contributed by atoms with Crippen LogP contribution in [0.3, 0.4) is 0 Å². The number of ether oxygens (including phenoxy) is 2. The van der Waals surface area contributed by atoms with Gasteiger partial charge in [0, 0.05) is 18.7 Å². The Morgan fingerprint density at radius 3 is 2.35 bits per heavy atom. The minimum Gasteiger partial charge on any atom is -0.454 e. The number of hydrogen-bond donors (Lipinski definition) is 1. The van der Waals surface area contributed by atoms with E-state index in [0.717, 1.165) is 16.3 Å². The van der Waals surface area contributed by atoms with E-state index >= 15 is 0 Å². The molecule has 9 nitrogen and oxygen atoms in total. The Morgan fingerprint density at radius 2 is 1.70 bits per heavy atom. The molecule has 2 atom stereocenters. The van der Waals surface area contributed by atoms with Crippen LogP contribution in [-0.4, -0.2) is 62.9 Å². The lowest BCUT2D eigenvalue weighted by Gasteiger charge is -2.33. The van der Waals surface area contributed by atoms with E-state index in [9.17, 15) is 18.0 Å². The van der Waals surface area contributed by atoms with Crippen LogP contribution in [0.2, 0.25) is 0 Å². The molecule has 1 heterocycles. The molecule has 0 radical (unpaired) electrons. The molecule has 0 spiro atoms. The molecule has 10 heteroatoms. The van der Waals surface area contributed by atoms with Crippen LogP contribution in [0.25, 0.3) is 0 Å². The molecule has 0 bridgehead atoms. The monoisotopic (exact) mass is 531 g/mol. The van der Waals surface area contributed by atoms with Crippen molar-refractivity contribution in [2.45, 2.75) is 59.0 Å². The Balaban J connectivity index is 1.91. The Morgan fingerprint density at radius 1 is 1.00 bits per heavy atom. The lowest BCUT2D eigenvalue weighted by Crippen LogP contribution is -2.54. The third-order valence-corrected chi connectivity index (χ3v) is 8.24. The summed E-state index contributed by atoms with van der Waals surface area (Å²) in [6, 6.07) is 13.7. The molecule has 1 aliphatic rings. The average molecular weight is 532 g/mol. The van der Waals surface area contributed by atoms with Crippen LogP contribution < -0.4 is 19.1 Å². The first-order valence-corrected chi connectivity index (χ1v) is 14.3. The molecule has 2 amide bonds. The van der Waals surface area contributed by atoms with E-state index in [1.807, 2.05) is 51.1 Å². The maximum atomic E-state index is 13.8. The number of carbonyl (C=O) groups excluding carboxylic acids is 2. The topological polar surface area (TPSA) is 105 Å². The summed E-state index contributed by atoms with van der Waals surface area (Å²) in [6.07, 6.45) is 1.68. The van der Waals surface area contributed by atoms with Crippen molar-refractivity contribution < 1.29 is 27.5 Å². The molecule has 0 aliphatic carbocycles. The van der Waals surface area contributed by atoms with Gasteiger partial charge in [-0.3, -0.25) is 13.9 Å². The summed E-state index contributed by atoms with van der Waals surface area (Å²) in [5.74, 6) is 0.0514. The summed E-state index contributed by atoms with van der Waals surface area (Å²) in [5.41, 5.74) is 1.32. The van der Waals surface area contributed by atoms with Gasteiger partial charge >= 0.3 is 0 Å². The third kappa shape index (κ3) is 7.15. The zero-order chi connectivity index (χ0) is 27.0. The summed E-state index contributed by atoms with van der Waals surface area (Å²) in [6.45, 7) is 7.16. The summed E-state index contributed by atoms with van der Waals surface area (Å²) in [5, 5.41) is 2.97. The van der Waals surface area contributed by atoms with E-state index in [1.54, 1.807) is 18.2 Å². The fraction of sp³-hybridized carbons (Fsp3) is 0.481. The predicted molar refractivity (Wildman–Crippen MR) is 143 cm³/mol. The minimum atomic E-state index is -3.81. The van der Waals surface area contributed by atoms with Crippen molar-refractivity contribution in [3.05, 3.63) is 54.1 Å². The molecule has 202 valence electrons. The molecular formula is C27H37N3O6S. The molecule has 2 aromatic rings. The van der Waals surface area contributed by atoms with Gasteiger partial charge in [-0.05, 0) is 50.8 Å². The first-order chi connectivity index (χ1) is 17.7. The molecule has 0 unspecified atom stereocenters. The second-order valence-corrected chi connectivity index (χ2v) is 11.2. The highest BCUT2D eigenvalue weighted by atomic mass is 32.2. The van der Waals surface area contributed by atoms with Gasteiger partial charge in [-0.15, -0.1) is 0 Å². The van der Waals surface area contributed by atoms with E-state index in [0.29, 0.717) is 30.0 Å². The normalized spacial score (nSPS) is 14.1. The Bertz CT molecular complexity index is 1170. The van der Waals surface area contributed by atoms with Gasteiger partial charge in [0.25, 0.3) is 0 Å². The highest BCUT2D eigenvalue weighted by Crippen LogP contribution is 2.36. The van der Waals surface area contributed by atoms with Gasteiger partial charge in [0.05, 0.1) is 11.4 Å². The van der Waals surface area contributed by atoms with Crippen LogP contribution in [0.15, 0.2) is 48.5 Å². The van der Waals surface area contributed by atoms with E-state index in [1.165, 1.54) is 11.8 Å². The predicted octanol–water partition coefficient (Wildman–Crippen LogP) is 3.34. The van der Waals surface area contributed by atoms with E-state index in [2.05, 4.69) is 5.32 Å². The second kappa shape index (κ2) is 12.8. The third-order valence-electron chi connectivity index (χ3n) is 6.49. The first-order valence-electron chi connectivity index (χ1n) is 12.7. The van der Waals surface area contributed by atoms with Crippen LogP contribution in [0.1, 0.15) is 46.1 Å². The Hall–Kier alpha value is -3.27. The zero-order valence-corrected chi connectivity index (χ0v) is 22.8. The van der Waals surface area contributed by atoms with Gasteiger partial charge < -0.3 is 19.7 Å². The van der Waals surface area contributed by atoms with Crippen molar-refractivity contribution in [2.24, 2.45) is 0 Å². The van der Waals surface area contributed by atoms with Gasteiger partial charge in [-0.25, -0.2) is 8.42 Å². The smallest absolute Gasteiger partial charge is 0.244 e. The van der Waals surface area contributed by atoms with Crippen molar-refractivity contribution in [1.29, 1.82) is 0 Å². The molecule has 1 aliphatic heterocycles. The van der Waals surface area contributed by atoms with Crippen LogP contribution in [-0.2, 0) is 26.0 Å². The van der Waals surface area contributed by atoms with Crippen molar-refractivity contribution in [2.75, 3.05) is 29.9 Å². The average Bonchev–Trinajstić information content (AvgIpc) is 3.37. The van der Waals surface area contributed by atoms with E-state index in [-0.39, 0.29) is 31.0 Å². The number of sulfonamides is 1. The number of carbonyl (C=O) groups is 2. The van der Waals surface area contributed by atoms with Gasteiger partial charge in [-0.1, -0.05) is 44.2 Å². The maximum Gasteiger partial charge on any atom is 0.244 e. The maximum absolute atomic E-state index is 13.8. The highest BCUT2D eigenvalue weighted by molar-refractivity contribution is 7.92. The minimum absolute atomic E-state index is 0.0433. The number of hydrogen-bond acceptors (Lipinski definition) is 6. The largest absolute Gasteiger partial charge is 0.454 e. The molecule has 0 saturated heterocycles. The van der Waals surface area contributed by atoms with E-state index < -0.39 is 28.5 Å². The quantitative estimate of drug-likeness (QED) is 0.425. The summed E-state index contributed by atoms with van der Waals surface area (Å²) in [7, 11) is -3.81. The second-order valence-electron chi connectivity index (χ2n) is 9.01. The molecule has 3 rings (SSSR count). The number of nitrogens with one attached hydrogen (secondary N) is 1. The lowest BCUT2D eigenvalue weighted by atomic mass is 10.1. The number of rotatable bonds is 13. The molecule has 37 heavy (non-hydrogen) atoms. The lowest BCUT2D eigenvalue weighted by molar-refractivity contribution is -0.139. The number of anilines is 1. The van der Waals surface area contributed by atoms with Crippen LogP contribution in [0, 0.1) is 0 Å². The summed E-state index contributed by atoms with van der Waals surface area (Å²) in [4.78, 5) is 28.5. The fourth-order valence-electron chi connectivity index (χ4n) is 4.10. The number of benzene rings is 2. The molecular weight excluding hydrogens is 494 g/mol. The molecule has 2 aromatic carbocycles. The molecule has 0 aromatic heterocycles. The summed E-state index contributed by atoms with van der Waals surface area (Å²) >= 11 is 0. The summed E-state index contributed by atoms with van der Waals surface area (Å²) < 4.78 is 38.0. The van der Waals surface area contributed by atoms with Crippen molar-refractivity contribution in [1.82, 2.24) is 10.2 Å². The molecule has 1 N–H and O–H groups in total. The van der Waals surface area contributed by atoms with Crippen LogP contribution in [0.5, 0.6) is 11.5 Å². The fourth-order valence-corrected chi connectivity index (χ4v) is 5.15. The van der Waals surface area contributed by atoms with Gasteiger partial charge in [-0.2, -0.15) is 0 Å². The highest BCUT2D eigenvalue weighted by Gasteiger charge is 2.33. The SMILES string of the molecule is CC[C@@H](C)NC(=O)[C@H](CC)N(CCc1ccccc1)C(=O)CN(c1ccc2c(c1)OCO2)S(=O)(=O)CC. The van der Waals surface area contributed by atoms with Crippen LogP contribution >= 0.6 is 0 Å². The zero-order valence-electron chi connectivity index (χ0n) is 22.0. The number of fused-ring (bicyclic) bond motifs is 1. The molecule has 0 saturated carbocycles. The van der Waals surface area contributed by atoms with Gasteiger partial charge in [0.15, 0.2) is 11.5 Å². The van der Waals surface area contributed by atoms with Gasteiger partial charge in [0.1, 0.15) is 12.6 Å². The number of nitrogens with zero attached hydrogens (tertiary/aromatic N) is 2. The van der Waals surface area contributed by atoms with Gasteiger partial charge in [0.2, 0.25) is 28.6 Å². The molecule has 0 fully saturated rings. The van der Waals surface area contributed by atoms with Crippen molar-refractivity contribution in [3.63, 3.8) is 0 Å². The standard InChI is InChI=1S/C27H37N3O6S/c1-5-20(4)28-27(32)23(6-2)29(16-15-21-11-9-8-10-12-21)26(31)18-30(37(33,34)7-3)22-13-14-24-25(17-22)36-19-35-24/h8-14,17,20,23H,5-7,15-16,18-19H2,1-4H3,(H,28,32)/t20-,23+/m1/s1.